The summed E-state index contributed by atoms with van der Waals surface area (Å²) in [5.74, 6) is 0.591. The molecular formula is C22H24ClFN8O2. The summed E-state index contributed by atoms with van der Waals surface area (Å²) in [6.45, 7) is 2.88. The number of hydrogen-bond acceptors (Lipinski definition) is 9. The van der Waals surface area contributed by atoms with Gasteiger partial charge >= 0.3 is 6.01 Å². The Kier molecular flexibility index (Phi) is 5.84. The van der Waals surface area contributed by atoms with Gasteiger partial charge in [-0.2, -0.15) is 9.97 Å². The number of aromatic amines is 1. The Hall–Kier alpha value is -3.28. The molecular weight excluding hydrogens is 463 g/mol. The molecule has 4 aromatic rings. The minimum absolute atomic E-state index is 0.0119. The topological polar surface area (TPSA) is 138 Å². The second-order valence-corrected chi connectivity index (χ2v) is 8.68. The number of fused-ring (bicyclic) bond motifs is 3. The van der Waals surface area contributed by atoms with Gasteiger partial charge in [0.2, 0.25) is 0 Å². The summed E-state index contributed by atoms with van der Waals surface area (Å²) >= 11 is 6.43. The van der Waals surface area contributed by atoms with Crippen LogP contribution in [0.4, 0.5) is 15.9 Å². The van der Waals surface area contributed by atoms with E-state index in [4.69, 9.17) is 22.1 Å². The molecule has 178 valence electrons. The van der Waals surface area contributed by atoms with Gasteiger partial charge in [-0.1, -0.05) is 11.6 Å². The van der Waals surface area contributed by atoms with Gasteiger partial charge in [0.15, 0.2) is 11.6 Å². The molecule has 0 spiro atoms. The number of aliphatic hydroxyl groups is 1. The standard InChI is InChI=1S/C22H24ClFN8O2/c1-10(33)19-27-7-12(8-28-19)34-22-30-20-16(21(31-22)32-5-3-4-11(25)9-32)15-17(23)13(24)6-14(26-2)18(15)29-20/h6-8,10-11,26,33H,3-5,9,25H2,1-2H3,(H,29,30,31)/t10-,11+/m1/s1. The van der Waals surface area contributed by atoms with Crippen molar-refractivity contribution in [2.24, 2.45) is 5.73 Å². The minimum atomic E-state index is -0.797. The highest BCUT2D eigenvalue weighted by atomic mass is 35.5. The number of ether oxygens (including phenoxy) is 1. The van der Waals surface area contributed by atoms with Crippen LogP contribution in [0, 0.1) is 5.82 Å². The quantitative estimate of drug-likeness (QED) is 0.333. The molecule has 1 aliphatic heterocycles. The van der Waals surface area contributed by atoms with Crippen molar-refractivity contribution in [1.82, 2.24) is 24.9 Å². The van der Waals surface area contributed by atoms with E-state index >= 15 is 0 Å². The molecule has 1 saturated heterocycles. The smallest absolute Gasteiger partial charge is 0.326 e. The molecule has 0 bridgehead atoms. The Morgan fingerprint density at radius 2 is 2.09 bits per heavy atom. The number of aliphatic hydroxyl groups excluding tert-OH is 1. The summed E-state index contributed by atoms with van der Waals surface area (Å²) in [5, 5.41) is 13.7. The fourth-order valence-electron chi connectivity index (χ4n) is 4.23. The number of nitrogens with one attached hydrogen (secondary N) is 2. The SMILES string of the molecule is CNc1cc(F)c(Cl)c2c1[nH]c1nc(Oc3cnc([C@@H](C)O)nc3)nc(N3CCC[C@H](N)C3)c12. The lowest BCUT2D eigenvalue weighted by molar-refractivity contribution is 0.188. The summed E-state index contributed by atoms with van der Waals surface area (Å²) in [6, 6.07) is 1.38. The van der Waals surface area contributed by atoms with Crippen molar-refractivity contribution < 1.29 is 14.2 Å². The predicted molar refractivity (Wildman–Crippen MR) is 128 cm³/mol. The number of halogens is 2. The minimum Gasteiger partial charge on any atom is -0.421 e. The molecule has 0 amide bonds. The highest BCUT2D eigenvalue weighted by molar-refractivity contribution is 6.39. The fraction of sp³-hybridized carbons (Fsp3) is 0.364. The van der Waals surface area contributed by atoms with Gasteiger partial charge < -0.3 is 30.8 Å². The summed E-state index contributed by atoms with van der Waals surface area (Å²) in [4.78, 5) is 22.7. The largest absolute Gasteiger partial charge is 0.421 e. The first kappa shape index (κ1) is 22.5. The Balaban J connectivity index is 1.69. The van der Waals surface area contributed by atoms with E-state index in [-0.39, 0.29) is 22.9 Å². The summed E-state index contributed by atoms with van der Waals surface area (Å²) in [5.41, 5.74) is 7.84. The van der Waals surface area contributed by atoms with Crippen LogP contribution < -0.4 is 20.7 Å². The Morgan fingerprint density at radius 1 is 1.32 bits per heavy atom. The van der Waals surface area contributed by atoms with Crippen LogP contribution in [0.3, 0.4) is 0 Å². The van der Waals surface area contributed by atoms with Crippen LogP contribution >= 0.6 is 11.6 Å². The van der Waals surface area contributed by atoms with Crippen molar-refractivity contribution in [2.75, 3.05) is 30.4 Å². The first-order valence-corrected chi connectivity index (χ1v) is 11.3. The Bertz CT molecular complexity index is 1360. The van der Waals surface area contributed by atoms with Crippen molar-refractivity contribution in [3.8, 4) is 11.8 Å². The molecule has 0 aliphatic carbocycles. The van der Waals surface area contributed by atoms with Crippen molar-refractivity contribution in [3.63, 3.8) is 0 Å². The van der Waals surface area contributed by atoms with Gasteiger partial charge in [0.25, 0.3) is 0 Å². The number of nitrogens with zero attached hydrogens (tertiary/aromatic N) is 5. The first-order chi connectivity index (χ1) is 16.4. The van der Waals surface area contributed by atoms with E-state index in [0.717, 1.165) is 19.4 Å². The molecule has 0 radical (unpaired) electrons. The molecule has 3 aromatic heterocycles. The van der Waals surface area contributed by atoms with E-state index in [1.54, 1.807) is 14.0 Å². The van der Waals surface area contributed by atoms with E-state index in [1.807, 2.05) is 4.90 Å². The molecule has 0 unspecified atom stereocenters. The predicted octanol–water partition coefficient (Wildman–Crippen LogP) is 3.51. The molecule has 0 saturated carbocycles. The van der Waals surface area contributed by atoms with Gasteiger partial charge in [0.1, 0.15) is 23.4 Å². The van der Waals surface area contributed by atoms with Gasteiger partial charge in [-0.15, -0.1) is 0 Å². The third-order valence-corrected chi connectivity index (χ3v) is 6.21. The summed E-state index contributed by atoms with van der Waals surface area (Å²) in [6.07, 6.45) is 3.89. The number of H-pyrrole nitrogens is 1. The van der Waals surface area contributed by atoms with Gasteiger partial charge in [-0.3, -0.25) is 0 Å². The maximum absolute atomic E-state index is 14.7. The number of nitrogens with two attached hydrogens (primary N) is 1. The van der Waals surface area contributed by atoms with Gasteiger partial charge in [-0.25, -0.2) is 14.4 Å². The molecule has 1 aromatic carbocycles. The Morgan fingerprint density at radius 3 is 2.76 bits per heavy atom. The second kappa shape index (κ2) is 8.82. The van der Waals surface area contributed by atoms with Crippen molar-refractivity contribution in [1.29, 1.82) is 0 Å². The number of hydrogen-bond donors (Lipinski definition) is 4. The maximum atomic E-state index is 14.7. The number of aromatic nitrogens is 5. The highest BCUT2D eigenvalue weighted by Crippen LogP contribution is 2.41. The molecule has 5 N–H and O–H groups in total. The van der Waals surface area contributed by atoms with Crippen LogP contribution in [0.1, 0.15) is 31.7 Å². The van der Waals surface area contributed by atoms with Crippen LogP contribution in [0.5, 0.6) is 11.8 Å². The van der Waals surface area contributed by atoms with Crippen LogP contribution in [-0.4, -0.2) is 56.2 Å². The van der Waals surface area contributed by atoms with Gasteiger partial charge in [0.05, 0.1) is 34.0 Å². The van der Waals surface area contributed by atoms with Gasteiger partial charge in [0, 0.05) is 37.6 Å². The number of benzene rings is 1. The van der Waals surface area contributed by atoms with Crippen molar-refractivity contribution in [3.05, 3.63) is 35.1 Å². The zero-order valence-corrected chi connectivity index (χ0v) is 19.4. The average molecular weight is 487 g/mol. The lowest BCUT2D eigenvalue weighted by Crippen LogP contribution is -2.43. The fourth-order valence-corrected chi connectivity index (χ4v) is 4.48. The normalized spacial score (nSPS) is 17.4. The van der Waals surface area contributed by atoms with E-state index in [0.29, 0.717) is 45.7 Å². The average Bonchev–Trinajstić information content (AvgIpc) is 3.21. The maximum Gasteiger partial charge on any atom is 0.326 e. The summed E-state index contributed by atoms with van der Waals surface area (Å²) in [7, 11) is 1.70. The number of rotatable bonds is 5. The van der Waals surface area contributed by atoms with E-state index < -0.39 is 11.9 Å². The van der Waals surface area contributed by atoms with Crippen molar-refractivity contribution >= 4 is 45.0 Å². The van der Waals surface area contributed by atoms with Crippen LogP contribution in [0.15, 0.2) is 18.5 Å². The lowest BCUT2D eigenvalue weighted by Gasteiger charge is -2.32. The number of anilines is 2. The van der Waals surface area contributed by atoms with Crippen LogP contribution in [0.2, 0.25) is 5.02 Å². The molecule has 34 heavy (non-hydrogen) atoms. The lowest BCUT2D eigenvalue weighted by atomic mass is 10.1. The Labute approximate surface area is 199 Å². The molecule has 5 rings (SSSR count). The summed E-state index contributed by atoms with van der Waals surface area (Å²) < 4.78 is 20.5. The molecule has 1 aliphatic rings. The monoisotopic (exact) mass is 486 g/mol. The van der Waals surface area contributed by atoms with E-state index in [2.05, 4.69) is 30.2 Å². The third kappa shape index (κ3) is 3.95. The van der Waals surface area contributed by atoms with E-state index in [9.17, 15) is 9.50 Å². The molecule has 10 nitrogen and oxygen atoms in total. The van der Waals surface area contributed by atoms with E-state index in [1.165, 1.54) is 18.5 Å². The van der Waals surface area contributed by atoms with Crippen LogP contribution in [-0.2, 0) is 0 Å². The molecule has 1 fully saturated rings. The van der Waals surface area contributed by atoms with Gasteiger partial charge in [-0.05, 0) is 19.8 Å². The second-order valence-electron chi connectivity index (χ2n) is 8.30. The zero-order chi connectivity index (χ0) is 24.0. The highest BCUT2D eigenvalue weighted by Gasteiger charge is 2.26. The third-order valence-electron chi connectivity index (χ3n) is 5.84. The number of piperidine rings is 1. The zero-order valence-electron chi connectivity index (χ0n) is 18.6. The molecule has 4 heterocycles. The first-order valence-electron chi connectivity index (χ1n) is 10.9. The molecule has 12 heteroatoms. The van der Waals surface area contributed by atoms with Crippen LogP contribution in [0.25, 0.3) is 21.9 Å². The molecule has 2 atom stereocenters. The van der Waals surface area contributed by atoms with Crippen molar-refractivity contribution in [2.45, 2.75) is 31.9 Å².